The van der Waals surface area contributed by atoms with E-state index in [9.17, 15) is 13.9 Å². The molecule has 1 aliphatic heterocycles. The van der Waals surface area contributed by atoms with E-state index in [4.69, 9.17) is 0 Å². The van der Waals surface area contributed by atoms with Crippen LogP contribution in [0.1, 0.15) is 24.4 Å². The van der Waals surface area contributed by atoms with Crippen LogP contribution in [0.3, 0.4) is 0 Å². The molecule has 0 bridgehead atoms. The molecule has 126 valence electrons. The summed E-state index contributed by atoms with van der Waals surface area (Å²) in [6, 6.07) is 2.43. The van der Waals surface area contributed by atoms with Gasteiger partial charge in [-0.2, -0.15) is 4.39 Å². The van der Waals surface area contributed by atoms with Gasteiger partial charge in [-0.1, -0.05) is 12.1 Å². The fourth-order valence-corrected chi connectivity index (χ4v) is 2.63. The van der Waals surface area contributed by atoms with Crippen LogP contribution in [-0.4, -0.2) is 36.2 Å². The molecular formula is C15H22Cl2F2N2O. The number of hydrogen-bond acceptors (Lipinski definition) is 3. The monoisotopic (exact) mass is 354 g/mol. The summed E-state index contributed by atoms with van der Waals surface area (Å²) in [7, 11) is 0. The van der Waals surface area contributed by atoms with Crippen molar-refractivity contribution >= 4 is 24.8 Å². The molecule has 0 aromatic heterocycles. The second-order valence-corrected chi connectivity index (χ2v) is 4.97. The Kier molecular flexibility index (Phi) is 9.60. The normalized spacial score (nSPS) is 16.3. The number of nitrogens with one attached hydrogen (secondary N) is 1. The Hall–Kier alpha value is -0.880. The number of halogens is 4. The molecule has 0 unspecified atom stereocenters. The Bertz CT molecular complexity index is 483. The van der Waals surface area contributed by atoms with Gasteiger partial charge < -0.3 is 10.4 Å². The summed E-state index contributed by atoms with van der Waals surface area (Å²) in [6.45, 7) is 7.05. The summed E-state index contributed by atoms with van der Waals surface area (Å²) in [5.74, 6) is -2.76. The Morgan fingerprint density at radius 1 is 1.27 bits per heavy atom. The van der Waals surface area contributed by atoms with Crippen LogP contribution in [0.15, 0.2) is 24.8 Å². The fraction of sp³-hybridized carbons (Fsp3) is 0.467. The average Bonchev–Trinajstić information content (AvgIpc) is 2.48. The van der Waals surface area contributed by atoms with Gasteiger partial charge in [0, 0.05) is 37.8 Å². The topological polar surface area (TPSA) is 35.5 Å². The zero-order chi connectivity index (χ0) is 14.5. The number of phenols is 1. The lowest BCUT2D eigenvalue weighted by Gasteiger charge is -2.35. The van der Waals surface area contributed by atoms with Crippen LogP contribution in [0.2, 0.25) is 0 Å². The summed E-state index contributed by atoms with van der Waals surface area (Å²) in [5.41, 5.74) is 0.452. The van der Waals surface area contributed by atoms with E-state index in [1.165, 1.54) is 6.07 Å². The van der Waals surface area contributed by atoms with Crippen molar-refractivity contribution in [2.75, 3.05) is 26.2 Å². The van der Waals surface area contributed by atoms with Crippen molar-refractivity contribution in [1.29, 1.82) is 0 Å². The van der Waals surface area contributed by atoms with E-state index in [2.05, 4.69) is 16.8 Å². The molecule has 0 aliphatic carbocycles. The lowest BCUT2D eigenvalue weighted by Crippen LogP contribution is -2.45. The molecule has 0 saturated carbocycles. The highest BCUT2D eigenvalue weighted by Crippen LogP contribution is 2.35. The Labute approximate surface area is 142 Å². The van der Waals surface area contributed by atoms with E-state index in [-0.39, 0.29) is 30.9 Å². The van der Waals surface area contributed by atoms with Gasteiger partial charge in [0.25, 0.3) is 0 Å². The highest BCUT2D eigenvalue weighted by molar-refractivity contribution is 5.85. The zero-order valence-electron chi connectivity index (χ0n) is 12.2. The van der Waals surface area contributed by atoms with Gasteiger partial charge >= 0.3 is 0 Å². The Balaban J connectivity index is 0.00000220. The minimum atomic E-state index is -1.17. The summed E-state index contributed by atoms with van der Waals surface area (Å²) < 4.78 is 26.7. The van der Waals surface area contributed by atoms with E-state index in [1.807, 2.05) is 0 Å². The fourth-order valence-electron chi connectivity index (χ4n) is 2.63. The predicted octanol–water partition coefficient (Wildman–Crippen LogP) is 3.43. The first kappa shape index (κ1) is 21.1. The standard InChI is InChI=1S/C15H20F2N2O.2ClH/c1-2-3-4-13(19-9-7-18-8-10-19)11-5-6-12(16)14(17)15(11)20;;/h2,5-6,13,18,20H,1,3-4,7-10H2;2*1H/t13-;;/m1../s1. The first-order valence-corrected chi connectivity index (χ1v) is 6.87. The Morgan fingerprint density at radius 3 is 2.50 bits per heavy atom. The van der Waals surface area contributed by atoms with Crippen molar-refractivity contribution in [3.63, 3.8) is 0 Å². The molecule has 1 aromatic rings. The number of nitrogens with zero attached hydrogens (tertiary/aromatic N) is 1. The number of aromatic hydroxyl groups is 1. The lowest BCUT2D eigenvalue weighted by atomic mass is 9.98. The van der Waals surface area contributed by atoms with Gasteiger partial charge in [-0.25, -0.2) is 4.39 Å². The van der Waals surface area contributed by atoms with Gasteiger partial charge in [0.05, 0.1) is 0 Å². The van der Waals surface area contributed by atoms with Gasteiger partial charge in [-0.05, 0) is 18.9 Å². The van der Waals surface area contributed by atoms with Crippen LogP contribution < -0.4 is 5.32 Å². The third kappa shape index (κ3) is 4.81. The van der Waals surface area contributed by atoms with Crippen molar-refractivity contribution in [2.24, 2.45) is 0 Å². The van der Waals surface area contributed by atoms with Crippen molar-refractivity contribution in [3.8, 4) is 5.75 Å². The molecular weight excluding hydrogens is 333 g/mol. The largest absolute Gasteiger partial charge is 0.505 e. The third-order valence-corrected chi connectivity index (χ3v) is 3.70. The average molecular weight is 355 g/mol. The number of piperazine rings is 1. The first-order chi connectivity index (χ1) is 9.65. The van der Waals surface area contributed by atoms with Gasteiger partial charge in [0.2, 0.25) is 5.82 Å². The molecule has 3 nitrogen and oxygen atoms in total. The number of rotatable bonds is 5. The maximum absolute atomic E-state index is 13.6. The van der Waals surface area contributed by atoms with Gasteiger partial charge in [0.1, 0.15) is 0 Å². The molecule has 0 amide bonds. The van der Waals surface area contributed by atoms with Crippen LogP contribution in [0.25, 0.3) is 0 Å². The number of benzene rings is 1. The first-order valence-electron chi connectivity index (χ1n) is 6.87. The van der Waals surface area contributed by atoms with Crippen LogP contribution in [-0.2, 0) is 0 Å². The summed E-state index contributed by atoms with van der Waals surface area (Å²) in [5, 5.41) is 13.1. The molecule has 2 N–H and O–H groups in total. The van der Waals surface area contributed by atoms with Crippen molar-refractivity contribution in [2.45, 2.75) is 18.9 Å². The molecule has 22 heavy (non-hydrogen) atoms. The maximum atomic E-state index is 13.6. The van der Waals surface area contributed by atoms with E-state index < -0.39 is 17.4 Å². The van der Waals surface area contributed by atoms with Gasteiger partial charge in [0.15, 0.2) is 11.6 Å². The highest BCUT2D eigenvalue weighted by atomic mass is 35.5. The van der Waals surface area contributed by atoms with E-state index in [1.54, 1.807) is 6.08 Å². The van der Waals surface area contributed by atoms with E-state index in [0.717, 1.165) is 45.1 Å². The lowest BCUT2D eigenvalue weighted by molar-refractivity contribution is 0.162. The second-order valence-electron chi connectivity index (χ2n) is 4.97. The van der Waals surface area contributed by atoms with Crippen LogP contribution in [0.4, 0.5) is 8.78 Å². The van der Waals surface area contributed by atoms with Crippen molar-refractivity contribution in [3.05, 3.63) is 42.0 Å². The minimum absolute atomic E-state index is 0. The van der Waals surface area contributed by atoms with Crippen LogP contribution in [0, 0.1) is 11.6 Å². The molecule has 1 fully saturated rings. The molecule has 0 radical (unpaired) electrons. The number of phenolic OH excluding ortho intramolecular Hbond substituents is 1. The zero-order valence-corrected chi connectivity index (χ0v) is 13.9. The summed E-state index contributed by atoms with van der Waals surface area (Å²) in [6.07, 6.45) is 3.28. The van der Waals surface area contributed by atoms with Crippen LogP contribution >= 0.6 is 24.8 Å². The van der Waals surface area contributed by atoms with Gasteiger partial charge in [-0.15, -0.1) is 31.4 Å². The molecule has 2 rings (SSSR count). The molecule has 7 heteroatoms. The minimum Gasteiger partial charge on any atom is -0.505 e. The Morgan fingerprint density at radius 2 is 1.91 bits per heavy atom. The molecule has 1 saturated heterocycles. The molecule has 1 aliphatic rings. The third-order valence-electron chi connectivity index (χ3n) is 3.70. The predicted molar refractivity (Wildman–Crippen MR) is 89.1 cm³/mol. The number of hydrogen-bond donors (Lipinski definition) is 2. The second kappa shape index (κ2) is 10.0. The quantitative estimate of drug-likeness (QED) is 0.795. The molecule has 1 heterocycles. The molecule has 1 aromatic carbocycles. The van der Waals surface area contributed by atoms with E-state index >= 15 is 0 Å². The maximum Gasteiger partial charge on any atom is 0.200 e. The van der Waals surface area contributed by atoms with Crippen LogP contribution in [0.5, 0.6) is 5.75 Å². The van der Waals surface area contributed by atoms with E-state index in [0.29, 0.717) is 5.56 Å². The molecule has 0 spiro atoms. The SMILES string of the molecule is C=CCC[C@H](c1ccc(F)c(F)c1O)N1CCNCC1.Cl.Cl. The highest BCUT2D eigenvalue weighted by Gasteiger charge is 2.26. The smallest absolute Gasteiger partial charge is 0.200 e. The summed E-state index contributed by atoms with van der Waals surface area (Å²) >= 11 is 0. The number of allylic oxidation sites excluding steroid dienone is 1. The van der Waals surface area contributed by atoms with Crippen molar-refractivity contribution < 1.29 is 13.9 Å². The summed E-state index contributed by atoms with van der Waals surface area (Å²) in [4.78, 5) is 2.19. The van der Waals surface area contributed by atoms with Crippen molar-refractivity contribution in [1.82, 2.24) is 10.2 Å². The van der Waals surface area contributed by atoms with Gasteiger partial charge in [-0.3, -0.25) is 4.90 Å². The molecule has 1 atom stereocenters.